The predicted molar refractivity (Wildman–Crippen MR) is 109 cm³/mol. The maximum atomic E-state index is 6.17. The van der Waals surface area contributed by atoms with E-state index in [1.54, 1.807) is 42.9 Å². The second kappa shape index (κ2) is 9.67. The van der Waals surface area contributed by atoms with Gasteiger partial charge in [-0.3, -0.25) is 0 Å². The highest BCUT2D eigenvalue weighted by Crippen LogP contribution is 2.28. The van der Waals surface area contributed by atoms with Crippen molar-refractivity contribution in [2.45, 2.75) is 19.3 Å². The molecular weight excluding hydrogens is 430 g/mol. The lowest BCUT2D eigenvalue weighted by Gasteiger charge is -2.20. The average Bonchev–Trinajstić information content (AvgIpc) is 3.14. The summed E-state index contributed by atoms with van der Waals surface area (Å²) in [6.45, 7) is 1.25. The third-order valence-corrected chi connectivity index (χ3v) is 5.03. The molecule has 0 radical (unpaired) electrons. The van der Waals surface area contributed by atoms with Crippen molar-refractivity contribution < 1.29 is 9.47 Å². The Morgan fingerprint density at radius 2 is 1.81 bits per heavy atom. The van der Waals surface area contributed by atoms with E-state index in [9.17, 15) is 0 Å². The van der Waals surface area contributed by atoms with Crippen LogP contribution in [0.3, 0.4) is 0 Å². The van der Waals surface area contributed by atoms with E-state index in [2.05, 4.69) is 4.98 Å². The Morgan fingerprint density at radius 1 is 0.963 bits per heavy atom. The van der Waals surface area contributed by atoms with E-state index in [0.717, 1.165) is 5.56 Å². The number of hydrogen-bond donors (Lipinski definition) is 0. The molecule has 0 saturated carbocycles. The molecule has 0 bridgehead atoms. The van der Waals surface area contributed by atoms with Crippen LogP contribution in [-0.2, 0) is 17.9 Å². The summed E-state index contributed by atoms with van der Waals surface area (Å²) in [6.07, 6.45) is 5.07. The number of aromatic nitrogens is 2. The lowest BCUT2D eigenvalue weighted by molar-refractivity contribution is -0.000524. The second-order valence-electron chi connectivity index (χ2n) is 5.83. The summed E-state index contributed by atoms with van der Waals surface area (Å²) < 4.78 is 13.8. The molecule has 4 nitrogen and oxygen atoms in total. The number of hydrogen-bond acceptors (Lipinski definition) is 3. The minimum Gasteiger partial charge on any atom is -0.489 e. The highest BCUT2D eigenvalue weighted by molar-refractivity contribution is 6.42. The molecule has 2 aromatic carbocycles. The highest BCUT2D eigenvalue weighted by atomic mass is 35.5. The van der Waals surface area contributed by atoms with Gasteiger partial charge in [-0.15, -0.1) is 0 Å². The first-order chi connectivity index (χ1) is 13.0. The number of halogens is 4. The largest absolute Gasteiger partial charge is 0.489 e. The zero-order valence-corrected chi connectivity index (χ0v) is 17.1. The molecule has 0 fully saturated rings. The van der Waals surface area contributed by atoms with E-state index in [1.165, 1.54) is 0 Å². The Kier molecular flexibility index (Phi) is 7.27. The third-order valence-electron chi connectivity index (χ3n) is 3.76. The summed E-state index contributed by atoms with van der Waals surface area (Å²) in [4.78, 5) is 4.06. The van der Waals surface area contributed by atoms with Crippen LogP contribution >= 0.6 is 46.4 Å². The Hall–Kier alpha value is -1.43. The van der Waals surface area contributed by atoms with Gasteiger partial charge in [-0.05, 0) is 35.9 Å². The first kappa shape index (κ1) is 20.3. The number of nitrogens with zero attached hydrogens (tertiary/aromatic N) is 2. The van der Waals surface area contributed by atoms with E-state index >= 15 is 0 Å². The van der Waals surface area contributed by atoms with Gasteiger partial charge in [0, 0.05) is 17.4 Å². The fraction of sp³-hybridized carbons (Fsp3) is 0.211. The summed E-state index contributed by atoms with van der Waals surface area (Å²) in [7, 11) is 0. The fourth-order valence-corrected chi connectivity index (χ4v) is 3.19. The molecule has 0 saturated heterocycles. The molecule has 0 amide bonds. The van der Waals surface area contributed by atoms with Gasteiger partial charge in [-0.2, -0.15) is 0 Å². The van der Waals surface area contributed by atoms with Crippen LogP contribution in [0, 0.1) is 0 Å². The molecule has 27 heavy (non-hydrogen) atoms. The van der Waals surface area contributed by atoms with Crippen molar-refractivity contribution >= 4 is 46.4 Å². The van der Waals surface area contributed by atoms with Crippen LogP contribution in [0.2, 0.25) is 20.1 Å². The van der Waals surface area contributed by atoms with E-state index in [1.807, 2.05) is 16.8 Å². The van der Waals surface area contributed by atoms with E-state index in [4.69, 9.17) is 55.9 Å². The van der Waals surface area contributed by atoms with Gasteiger partial charge in [-0.25, -0.2) is 4.98 Å². The van der Waals surface area contributed by atoms with Crippen LogP contribution in [0.1, 0.15) is 5.56 Å². The second-order valence-corrected chi connectivity index (χ2v) is 7.48. The van der Waals surface area contributed by atoms with Crippen molar-refractivity contribution in [3.63, 3.8) is 0 Å². The maximum Gasteiger partial charge on any atom is 0.138 e. The van der Waals surface area contributed by atoms with Crippen LogP contribution in [0.15, 0.2) is 55.1 Å². The maximum absolute atomic E-state index is 6.17. The quantitative estimate of drug-likeness (QED) is 0.416. The van der Waals surface area contributed by atoms with Gasteiger partial charge < -0.3 is 14.0 Å². The van der Waals surface area contributed by atoms with Crippen molar-refractivity contribution in [2.24, 2.45) is 0 Å². The summed E-state index contributed by atoms with van der Waals surface area (Å²) in [5.74, 6) is 0.551. The van der Waals surface area contributed by atoms with Gasteiger partial charge in [0.2, 0.25) is 0 Å². The first-order valence-electron chi connectivity index (χ1n) is 8.10. The van der Waals surface area contributed by atoms with Crippen molar-refractivity contribution in [3.05, 3.63) is 80.8 Å². The molecule has 1 aromatic heterocycles. The van der Waals surface area contributed by atoms with Gasteiger partial charge in [0.15, 0.2) is 0 Å². The number of ether oxygens (including phenoxy) is 2. The molecule has 1 atom stereocenters. The van der Waals surface area contributed by atoms with Crippen molar-refractivity contribution in [1.29, 1.82) is 0 Å². The summed E-state index contributed by atoms with van der Waals surface area (Å²) in [5, 5.41) is 2.01. The van der Waals surface area contributed by atoms with Crippen LogP contribution in [-0.4, -0.2) is 22.3 Å². The SMILES string of the molecule is Clc1ccc(OCC(Cn2ccnc2)OCc2ccc(Cl)c(Cl)c2)c(Cl)c1. The molecule has 1 unspecified atom stereocenters. The number of rotatable bonds is 8. The fourth-order valence-electron chi connectivity index (χ4n) is 2.40. The Balaban J connectivity index is 1.65. The summed E-state index contributed by atoms with van der Waals surface area (Å²) in [6, 6.07) is 10.5. The van der Waals surface area contributed by atoms with E-state index in [0.29, 0.717) is 45.6 Å². The molecule has 3 rings (SSSR count). The normalized spacial score (nSPS) is 12.1. The molecule has 8 heteroatoms. The molecule has 0 spiro atoms. The van der Waals surface area contributed by atoms with Crippen LogP contribution in [0.5, 0.6) is 5.75 Å². The highest BCUT2D eigenvalue weighted by Gasteiger charge is 2.14. The molecule has 3 aromatic rings. The molecule has 0 aliphatic rings. The van der Waals surface area contributed by atoms with Gasteiger partial charge in [0.05, 0.1) is 34.5 Å². The summed E-state index contributed by atoms with van der Waals surface area (Å²) >= 11 is 24.1. The topological polar surface area (TPSA) is 36.3 Å². The van der Waals surface area contributed by atoms with E-state index < -0.39 is 0 Å². The van der Waals surface area contributed by atoms with Gasteiger partial charge >= 0.3 is 0 Å². The first-order valence-corrected chi connectivity index (χ1v) is 9.61. The van der Waals surface area contributed by atoms with Crippen molar-refractivity contribution in [1.82, 2.24) is 9.55 Å². The molecule has 1 heterocycles. The average molecular weight is 446 g/mol. The lowest BCUT2D eigenvalue weighted by atomic mass is 10.2. The minimum atomic E-state index is -0.236. The zero-order valence-electron chi connectivity index (χ0n) is 14.1. The molecule has 142 valence electrons. The molecule has 0 aliphatic carbocycles. The molecular formula is C19H16Cl4N2O2. The van der Waals surface area contributed by atoms with E-state index in [-0.39, 0.29) is 6.10 Å². The van der Waals surface area contributed by atoms with Gasteiger partial charge in [0.1, 0.15) is 18.5 Å². The Bertz CT molecular complexity index is 887. The van der Waals surface area contributed by atoms with Crippen LogP contribution < -0.4 is 4.74 Å². The van der Waals surface area contributed by atoms with Crippen molar-refractivity contribution in [2.75, 3.05) is 6.61 Å². The molecule has 0 aliphatic heterocycles. The number of imidazole rings is 1. The van der Waals surface area contributed by atoms with Crippen LogP contribution in [0.25, 0.3) is 0 Å². The van der Waals surface area contributed by atoms with Crippen molar-refractivity contribution in [3.8, 4) is 5.75 Å². The number of benzene rings is 2. The molecule has 0 N–H and O–H groups in total. The minimum absolute atomic E-state index is 0.236. The standard InChI is InChI=1S/C19H16Cl4N2O2/c20-14-2-4-19(18(23)8-14)27-11-15(9-25-6-5-24-12-25)26-10-13-1-3-16(21)17(22)7-13/h1-8,12,15H,9-11H2. The predicted octanol–water partition coefficient (Wildman–Crippen LogP) is 6.16. The third kappa shape index (κ3) is 6.03. The Morgan fingerprint density at radius 3 is 2.52 bits per heavy atom. The van der Waals surface area contributed by atoms with Gasteiger partial charge in [0.25, 0.3) is 0 Å². The zero-order chi connectivity index (χ0) is 19.2. The van der Waals surface area contributed by atoms with Crippen LogP contribution in [0.4, 0.5) is 0 Å². The lowest BCUT2D eigenvalue weighted by Crippen LogP contribution is -2.26. The summed E-state index contributed by atoms with van der Waals surface area (Å²) in [5.41, 5.74) is 0.921. The van der Waals surface area contributed by atoms with Gasteiger partial charge in [-0.1, -0.05) is 52.5 Å². The smallest absolute Gasteiger partial charge is 0.138 e. The Labute approximate surface area is 177 Å². The monoisotopic (exact) mass is 444 g/mol.